The van der Waals surface area contributed by atoms with E-state index in [0.29, 0.717) is 29.6 Å². The Hall–Kier alpha value is -1.92. The SMILES string of the molecule is CC(NCc1cccnc1Oc1cccc(S(C)(=O)=O)c1)C1(C)CC1. The molecule has 1 aliphatic carbocycles. The van der Waals surface area contributed by atoms with E-state index in [2.05, 4.69) is 24.1 Å². The Balaban J connectivity index is 1.75. The Kier molecular flexibility index (Phi) is 4.84. The highest BCUT2D eigenvalue weighted by molar-refractivity contribution is 7.90. The molecule has 5 nitrogen and oxygen atoms in total. The predicted molar refractivity (Wildman–Crippen MR) is 97.5 cm³/mol. The van der Waals surface area contributed by atoms with Crippen LogP contribution in [0.4, 0.5) is 0 Å². The Morgan fingerprint density at radius 2 is 2.04 bits per heavy atom. The number of aromatic nitrogens is 1. The lowest BCUT2D eigenvalue weighted by atomic mass is 10.0. The van der Waals surface area contributed by atoms with Crippen LogP contribution in [0.15, 0.2) is 47.5 Å². The molecule has 6 heteroatoms. The lowest BCUT2D eigenvalue weighted by Crippen LogP contribution is -2.32. The average Bonchev–Trinajstić information content (AvgIpc) is 3.32. The molecule has 1 unspecified atom stereocenters. The van der Waals surface area contributed by atoms with Gasteiger partial charge in [0.15, 0.2) is 9.84 Å². The van der Waals surface area contributed by atoms with Gasteiger partial charge in [-0.2, -0.15) is 0 Å². The van der Waals surface area contributed by atoms with Gasteiger partial charge in [0.25, 0.3) is 0 Å². The quantitative estimate of drug-likeness (QED) is 0.818. The highest BCUT2D eigenvalue weighted by Crippen LogP contribution is 2.48. The van der Waals surface area contributed by atoms with Crippen molar-refractivity contribution in [1.29, 1.82) is 0 Å². The van der Waals surface area contributed by atoms with Crippen LogP contribution in [0.3, 0.4) is 0 Å². The molecule has 0 amide bonds. The molecule has 1 aromatic carbocycles. The van der Waals surface area contributed by atoms with Crippen LogP contribution in [-0.2, 0) is 16.4 Å². The van der Waals surface area contributed by atoms with Crippen molar-refractivity contribution in [3.63, 3.8) is 0 Å². The van der Waals surface area contributed by atoms with Gasteiger partial charge in [0, 0.05) is 30.6 Å². The summed E-state index contributed by atoms with van der Waals surface area (Å²) in [5.74, 6) is 0.957. The van der Waals surface area contributed by atoms with E-state index in [1.165, 1.54) is 25.2 Å². The first-order valence-electron chi connectivity index (χ1n) is 8.43. The molecule has 0 saturated heterocycles. The Morgan fingerprint density at radius 3 is 2.72 bits per heavy atom. The summed E-state index contributed by atoms with van der Waals surface area (Å²) < 4.78 is 29.3. The van der Waals surface area contributed by atoms with Gasteiger partial charge in [0.05, 0.1) is 4.90 Å². The molecule has 1 N–H and O–H groups in total. The number of benzene rings is 1. The monoisotopic (exact) mass is 360 g/mol. The third kappa shape index (κ3) is 4.38. The summed E-state index contributed by atoms with van der Waals surface area (Å²) in [5.41, 5.74) is 1.34. The topological polar surface area (TPSA) is 68.3 Å². The highest BCUT2D eigenvalue weighted by atomic mass is 32.2. The van der Waals surface area contributed by atoms with Gasteiger partial charge in [-0.3, -0.25) is 0 Å². The number of ether oxygens (including phenoxy) is 1. The molecule has 1 saturated carbocycles. The summed E-state index contributed by atoms with van der Waals surface area (Å²) in [5, 5.41) is 3.55. The van der Waals surface area contributed by atoms with Crippen LogP contribution in [0.25, 0.3) is 0 Å². The van der Waals surface area contributed by atoms with Crippen molar-refractivity contribution in [3.05, 3.63) is 48.2 Å². The lowest BCUT2D eigenvalue weighted by Gasteiger charge is -2.21. The minimum Gasteiger partial charge on any atom is -0.439 e. The second-order valence-electron chi connectivity index (χ2n) is 7.07. The fourth-order valence-electron chi connectivity index (χ4n) is 2.67. The third-order valence-electron chi connectivity index (χ3n) is 4.98. The van der Waals surface area contributed by atoms with Gasteiger partial charge in [-0.15, -0.1) is 0 Å². The number of pyridine rings is 1. The maximum atomic E-state index is 11.7. The van der Waals surface area contributed by atoms with Crippen LogP contribution < -0.4 is 10.1 Å². The number of hydrogen-bond acceptors (Lipinski definition) is 5. The van der Waals surface area contributed by atoms with E-state index in [0.717, 1.165) is 5.56 Å². The maximum Gasteiger partial charge on any atom is 0.223 e. The summed E-state index contributed by atoms with van der Waals surface area (Å²) >= 11 is 0. The lowest BCUT2D eigenvalue weighted by molar-refractivity contribution is 0.374. The maximum absolute atomic E-state index is 11.7. The van der Waals surface area contributed by atoms with E-state index in [1.807, 2.05) is 12.1 Å². The van der Waals surface area contributed by atoms with Gasteiger partial charge in [-0.05, 0) is 49.4 Å². The Morgan fingerprint density at radius 1 is 1.28 bits per heavy atom. The molecule has 2 aromatic rings. The van der Waals surface area contributed by atoms with Crippen LogP contribution in [0.5, 0.6) is 11.6 Å². The fraction of sp³-hybridized carbons (Fsp3) is 0.421. The zero-order chi connectivity index (χ0) is 18.1. The van der Waals surface area contributed by atoms with Crippen LogP contribution in [0, 0.1) is 5.41 Å². The molecule has 0 aliphatic heterocycles. The minimum absolute atomic E-state index is 0.232. The molecule has 1 fully saturated rings. The molecule has 0 bridgehead atoms. The zero-order valence-corrected chi connectivity index (χ0v) is 15.6. The number of rotatable bonds is 7. The van der Waals surface area contributed by atoms with Crippen LogP contribution >= 0.6 is 0 Å². The zero-order valence-electron chi connectivity index (χ0n) is 14.8. The van der Waals surface area contributed by atoms with Crippen molar-refractivity contribution in [2.75, 3.05) is 6.26 Å². The fourth-order valence-corrected chi connectivity index (χ4v) is 3.33. The molecule has 0 radical (unpaired) electrons. The molecule has 1 heterocycles. The molecule has 134 valence electrons. The van der Waals surface area contributed by atoms with E-state index in [-0.39, 0.29) is 4.90 Å². The number of hydrogen-bond donors (Lipinski definition) is 1. The first kappa shape index (κ1) is 17.9. The molecule has 1 aliphatic rings. The van der Waals surface area contributed by atoms with Gasteiger partial charge in [0.1, 0.15) is 5.75 Å². The first-order chi connectivity index (χ1) is 11.8. The molecular weight excluding hydrogens is 336 g/mol. The van der Waals surface area contributed by atoms with E-state index in [4.69, 9.17) is 4.74 Å². The standard InChI is InChI=1S/C19H24N2O3S/c1-14(19(2)9-10-19)21-13-15-6-5-11-20-18(15)24-16-7-4-8-17(12-16)25(3,22)23/h4-8,11-12,14,21H,9-10,13H2,1-3H3. The van der Waals surface area contributed by atoms with Crippen molar-refractivity contribution in [1.82, 2.24) is 10.3 Å². The Labute approximate surface area is 149 Å². The van der Waals surface area contributed by atoms with Gasteiger partial charge >= 0.3 is 0 Å². The van der Waals surface area contributed by atoms with E-state index in [9.17, 15) is 8.42 Å². The number of nitrogens with zero attached hydrogens (tertiary/aromatic N) is 1. The van der Waals surface area contributed by atoms with Gasteiger partial charge in [-0.1, -0.05) is 19.1 Å². The molecule has 1 atom stereocenters. The van der Waals surface area contributed by atoms with Crippen LogP contribution in [0.1, 0.15) is 32.3 Å². The largest absolute Gasteiger partial charge is 0.439 e. The average molecular weight is 360 g/mol. The number of nitrogens with one attached hydrogen (secondary N) is 1. The van der Waals surface area contributed by atoms with E-state index >= 15 is 0 Å². The van der Waals surface area contributed by atoms with Crippen molar-refractivity contribution >= 4 is 9.84 Å². The molecule has 1 aromatic heterocycles. The van der Waals surface area contributed by atoms with Crippen molar-refractivity contribution in [2.45, 2.75) is 44.2 Å². The molecular formula is C19H24N2O3S. The Bertz CT molecular complexity index is 860. The second kappa shape index (κ2) is 6.77. The third-order valence-corrected chi connectivity index (χ3v) is 6.09. The molecule has 25 heavy (non-hydrogen) atoms. The summed E-state index contributed by atoms with van der Waals surface area (Å²) in [6.45, 7) is 5.16. The van der Waals surface area contributed by atoms with Crippen molar-refractivity contribution in [3.8, 4) is 11.6 Å². The first-order valence-corrected chi connectivity index (χ1v) is 10.3. The number of sulfone groups is 1. The molecule has 0 spiro atoms. The van der Waals surface area contributed by atoms with Gasteiger partial charge in [0.2, 0.25) is 5.88 Å². The van der Waals surface area contributed by atoms with Gasteiger partial charge < -0.3 is 10.1 Å². The van der Waals surface area contributed by atoms with Crippen molar-refractivity contribution in [2.24, 2.45) is 5.41 Å². The van der Waals surface area contributed by atoms with E-state index < -0.39 is 9.84 Å². The normalized spacial score (nSPS) is 17.1. The molecule has 3 rings (SSSR count). The summed E-state index contributed by atoms with van der Waals surface area (Å²) in [4.78, 5) is 4.54. The predicted octanol–water partition coefficient (Wildman–Crippen LogP) is 3.56. The summed E-state index contributed by atoms with van der Waals surface area (Å²) in [6, 6.07) is 10.7. The second-order valence-corrected chi connectivity index (χ2v) is 9.09. The van der Waals surface area contributed by atoms with Gasteiger partial charge in [-0.25, -0.2) is 13.4 Å². The van der Waals surface area contributed by atoms with E-state index in [1.54, 1.807) is 24.4 Å². The smallest absolute Gasteiger partial charge is 0.223 e. The highest BCUT2D eigenvalue weighted by Gasteiger charge is 2.42. The summed E-state index contributed by atoms with van der Waals surface area (Å²) in [7, 11) is -3.27. The van der Waals surface area contributed by atoms with Crippen LogP contribution in [0.2, 0.25) is 0 Å². The van der Waals surface area contributed by atoms with Crippen molar-refractivity contribution < 1.29 is 13.2 Å². The summed E-state index contributed by atoms with van der Waals surface area (Å²) in [6.07, 6.45) is 5.37. The van der Waals surface area contributed by atoms with Crippen LogP contribution in [-0.4, -0.2) is 25.7 Å². The minimum atomic E-state index is -3.27.